The number of ether oxygens (including phenoxy) is 2. The number of esters is 1. The van der Waals surface area contributed by atoms with Gasteiger partial charge < -0.3 is 9.47 Å². The summed E-state index contributed by atoms with van der Waals surface area (Å²) in [5.41, 5.74) is -0.590. The second-order valence-corrected chi connectivity index (χ2v) is 5.19. The molecule has 0 aromatic heterocycles. The van der Waals surface area contributed by atoms with E-state index in [4.69, 9.17) is 9.47 Å². The van der Waals surface area contributed by atoms with Crippen LogP contribution in [0.2, 0.25) is 0 Å². The van der Waals surface area contributed by atoms with E-state index in [-0.39, 0.29) is 12.0 Å². The second kappa shape index (κ2) is 9.34. The van der Waals surface area contributed by atoms with E-state index in [0.29, 0.717) is 0 Å². The predicted molar refractivity (Wildman–Crippen MR) is 73.7 cm³/mol. The van der Waals surface area contributed by atoms with Crippen LogP contribution in [0, 0.1) is 0 Å². The first kappa shape index (κ1) is 17.4. The summed E-state index contributed by atoms with van der Waals surface area (Å²) in [6.07, 6.45) is 3.75. The Kier molecular flexibility index (Phi) is 9.02. The first-order valence-electron chi connectivity index (χ1n) is 6.90. The molecule has 0 heterocycles. The van der Waals surface area contributed by atoms with Crippen LogP contribution in [0.25, 0.3) is 0 Å². The molecule has 108 valence electrons. The zero-order chi connectivity index (χ0) is 14.0. The van der Waals surface area contributed by atoms with E-state index in [1.807, 2.05) is 20.8 Å². The van der Waals surface area contributed by atoms with Gasteiger partial charge in [0.05, 0.1) is 7.11 Å². The molecule has 0 bridgehead atoms. The molecule has 0 amide bonds. The summed E-state index contributed by atoms with van der Waals surface area (Å²) >= 11 is 0. The molecule has 1 atom stereocenters. The molecule has 0 aliphatic rings. The Morgan fingerprint density at radius 2 is 1.94 bits per heavy atom. The lowest BCUT2D eigenvalue weighted by atomic mass is 9.94. The lowest BCUT2D eigenvalue weighted by molar-refractivity contribution is -0.148. The summed E-state index contributed by atoms with van der Waals surface area (Å²) in [5, 5.41) is 3.29. The number of carbonyl (C=O) groups excluding carboxylic acids is 1. The first-order chi connectivity index (χ1) is 8.46. The van der Waals surface area contributed by atoms with Crippen LogP contribution < -0.4 is 5.32 Å². The van der Waals surface area contributed by atoms with Gasteiger partial charge in [0.15, 0.2) is 0 Å². The highest BCUT2D eigenvalue weighted by molar-refractivity contribution is 5.80. The Balaban J connectivity index is 4.05. The van der Waals surface area contributed by atoms with Crippen molar-refractivity contribution >= 4 is 5.97 Å². The van der Waals surface area contributed by atoms with Gasteiger partial charge in [-0.3, -0.25) is 10.1 Å². The Hall–Kier alpha value is -0.610. The third-order valence-corrected chi connectivity index (χ3v) is 2.81. The molecule has 0 aromatic carbocycles. The molecule has 18 heavy (non-hydrogen) atoms. The number of carbonyl (C=O) groups is 1. The molecule has 0 fully saturated rings. The van der Waals surface area contributed by atoms with Crippen molar-refractivity contribution < 1.29 is 14.3 Å². The lowest BCUT2D eigenvalue weighted by Gasteiger charge is -2.30. The molecule has 0 aliphatic heterocycles. The Morgan fingerprint density at radius 3 is 2.44 bits per heavy atom. The number of methoxy groups -OCH3 is 1. The van der Waals surface area contributed by atoms with Crippen LogP contribution in [-0.2, 0) is 14.3 Å². The summed E-state index contributed by atoms with van der Waals surface area (Å²) < 4.78 is 10.3. The van der Waals surface area contributed by atoms with E-state index < -0.39 is 5.54 Å². The molecular formula is C14H29NO3. The van der Waals surface area contributed by atoms with E-state index in [1.54, 1.807) is 0 Å². The van der Waals surface area contributed by atoms with Crippen molar-refractivity contribution in [3.05, 3.63) is 0 Å². The highest BCUT2D eigenvalue weighted by Crippen LogP contribution is 2.17. The average molecular weight is 259 g/mol. The molecule has 0 radical (unpaired) electrons. The third kappa shape index (κ3) is 6.97. The molecule has 0 aromatic rings. The van der Waals surface area contributed by atoms with E-state index in [9.17, 15) is 4.79 Å². The van der Waals surface area contributed by atoms with Crippen molar-refractivity contribution in [3.8, 4) is 0 Å². The molecule has 0 rings (SSSR count). The maximum Gasteiger partial charge on any atom is 0.325 e. The van der Waals surface area contributed by atoms with Crippen molar-refractivity contribution in [3.63, 3.8) is 0 Å². The van der Waals surface area contributed by atoms with Gasteiger partial charge in [-0.05, 0) is 46.5 Å². The van der Waals surface area contributed by atoms with E-state index in [2.05, 4.69) is 12.2 Å². The fourth-order valence-electron chi connectivity index (χ4n) is 2.02. The molecular weight excluding hydrogens is 230 g/mol. The predicted octanol–water partition coefficient (Wildman–Crippen LogP) is 2.51. The van der Waals surface area contributed by atoms with Gasteiger partial charge in [0.2, 0.25) is 0 Å². The van der Waals surface area contributed by atoms with Gasteiger partial charge in [-0.25, -0.2) is 0 Å². The van der Waals surface area contributed by atoms with Crippen molar-refractivity contribution in [2.24, 2.45) is 0 Å². The van der Waals surface area contributed by atoms with Crippen LogP contribution in [0.4, 0.5) is 0 Å². The van der Waals surface area contributed by atoms with Crippen molar-refractivity contribution in [2.75, 3.05) is 20.3 Å². The number of hydrogen-bond acceptors (Lipinski definition) is 4. The van der Waals surface area contributed by atoms with E-state index in [0.717, 1.165) is 38.9 Å². The zero-order valence-electron chi connectivity index (χ0n) is 12.5. The Labute approximate surface area is 111 Å². The van der Waals surface area contributed by atoms with Gasteiger partial charge in [-0.2, -0.15) is 0 Å². The topological polar surface area (TPSA) is 47.6 Å². The molecule has 0 aliphatic carbocycles. The summed E-state index contributed by atoms with van der Waals surface area (Å²) in [6, 6.07) is 0.255. The van der Waals surface area contributed by atoms with Crippen LogP contribution in [0.1, 0.15) is 53.4 Å². The van der Waals surface area contributed by atoms with E-state index in [1.165, 1.54) is 7.11 Å². The van der Waals surface area contributed by atoms with Gasteiger partial charge in [0.25, 0.3) is 0 Å². The summed E-state index contributed by atoms with van der Waals surface area (Å²) in [5.74, 6) is -0.189. The van der Waals surface area contributed by atoms with Gasteiger partial charge in [0, 0.05) is 19.3 Å². The van der Waals surface area contributed by atoms with Gasteiger partial charge >= 0.3 is 5.97 Å². The van der Waals surface area contributed by atoms with E-state index >= 15 is 0 Å². The highest BCUT2D eigenvalue weighted by Gasteiger charge is 2.33. The minimum absolute atomic E-state index is 0.189. The quantitative estimate of drug-likeness (QED) is 0.484. The molecule has 0 saturated heterocycles. The van der Waals surface area contributed by atoms with Crippen LogP contribution in [0.5, 0.6) is 0 Å². The van der Waals surface area contributed by atoms with Gasteiger partial charge in [0.1, 0.15) is 5.54 Å². The monoisotopic (exact) mass is 259 g/mol. The molecule has 4 heteroatoms. The number of unbranched alkanes of at least 4 members (excludes halogenated alkanes) is 1. The number of rotatable bonds is 10. The maximum atomic E-state index is 11.8. The van der Waals surface area contributed by atoms with Gasteiger partial charge in [-0.1, -0.05) is 6.92 Å². The zero-order valence-corrected chi connectivity index (χ0v) is 12.5. The second-order valence-electron chi connectivity index (χ2n) is 5.19. The smallest absolute Gasteiger partial charge is 0.325 e. The fraction of sp³-hybridized carbons (Fsp3) is 0.929. The maximum absolute atomic E-state index is 11.8. The van der Waals surface area contributed by atoms with Crippen LogP contribution in [0.15, 0.2) is 0 Å². The third-order valence-electron chi connectivity index (χ3n) is 2.81. The fourth-order valence-corrected chi connectivity index (χ4v) is 2.02. The minimum Gasteiger partial charge on any atom is -0.468 e. The van der Waals surface area contributed by atoms with Crippen molar-refractivity contribution in [2.45, 2.75) is 65.0 Å². The Bertz CT molecular complexity index is 231. The SMILES string of the molecule is CCCOCCCCC(C)(NC(C)C)C(=O)OC. The minimum atomic E-state index is -0.590. The summed E-state index contributed by atoms with van der Waals surface area (Å²) in [4.78, 5) is 11.8. The van der Waals surface area contributed by atoms with Crippen molar-refractivity contribution in [1.82, 2.24) is 5.32 Å². The molecule has 0 saturated carbocycles. The normalized spacial score (nSPS) is 14.6. The molecule has 1 unspecified atom stereocenters. The first-order valence-corrected chi connectivity index (χ1v) is 6.90. The average Bonchev–Trinajstić information content (AvgIpc) is 2.31. The largest absolute Gasteiger partial charge is 0.468 e. The van der Waals surface area contributed by atoms with Crippen LogP contribution in [-0.4, -0.2) is 37.9 Å². The molecule has 0 spiro atoms. The summed E-state index contributed by atoms with van der Waals surface area (Å²) in [6.45, 7) is 9.66. The summed E-state index contributed by atoms with van der Waals surface area (Å²) in [7, 11) is 1.44. The van der Waals surface area contributed by atoms with Crippen LogP contribution >= 0.6 is 0 Å². The number of hydrogen-bond donors (Lipinski definition) is 1. The number of nitrogens with one attached hydrogen (secondary N) is 1. The standard InChI is InChI=1S/C14H29NO3/c1-6-10-18-11-8-7-9-14(4,13(16)17-5)15-12(2)3/h12,15H,6-11H2,1-5H3. The lowest BCUT2D eigenvalue weighted by Crippen LogP contribution is -2.52. The van der Waals surface area contributed by atoms with Gasteiger partial charge in [-0.15, -0.1) is 0 Å². The molecule has 1 N–H and O–H groups in total. The van der Waals surface area contributed by atoms with Crippen molar-refractivity contribution in [1.29, 1.82) is 0 Å². The Morgan fingerprint density at radius 1 is 1.28 bits per heavy atom. The van der Waals surface area contributed by atoms with Crippen LogP contribution in [0.3, 0.4) is 0 Å². The highest BCUT2D eigenvalue weighted by atomic mass is 16.5. The molecule has 4 nitrogen and oxygen atoms in total.